The number of ether oxygens (including phenoxy) is 2. The van der Waals surface area contributed by atoms with Gasteiger partial charge in [-0.3, -0.25) is 0 Å². The van der Waals surface area contributed by atoms with Crippen LogP contribution in [0.15, 0.2) is 5.10 Å². The van der Waals surface area contributed by atoms with Crippen LogP contribution in [0.2, 0.25) is 0 Å². The second-order valence-electron chi connectivity index (χ2n) is 7.95. The lowest BCUT2D eigenvalue weighted by molar-refractivity contribution is -0.568. The van der Waals surface area contributed by atoms with E-state index in [1.54, 1.807) is 0 Å². The summed E-state index contributed by atoms with van der Waals surface area (Å²) in [5, 5.41) is 4.29. The minimum atomic E-state index is -0.679. The molecule has 1 aliphatic carbocycles. The number of fused-ring (bicyclic) bond motifs is 3. The summed E-state index contributed by atoms with van der Waals surface area (Å²) in [6.07, 6.45) is 6.73. The molecule has 4 saturated heterocycles. The predicted molar refractivity (Wildman–Crippen MR) is 77.7 cm³/mol. The van der Waals surface area contributed by atoms with Gasteiger partial charge < -0.3 is 14.9 Å². The first-order valence-electron chi connectivity index (χ1n) is 8.53. The van der Waals surface area contributed by atoms with Gasteiger partial charge >= 0.3 is 0 Å². The molecule has 1 N–H and O–H groups in total. The van der Waals surface area contributed by atoms with Crippen LogP contribution in [0.25, 0.3) is 0 Å². The van der Waals surface area contributed by atoms with E-state index in [4.69, 9.17) is 19.2 Å². The van der Waals surface area contributed by atoms with Crippen molar-refractivity contribution in [1.29, 1.82) is 0 Å². The zero-order valence-corrected chi connectivity index (χ0v) is 13.2. The minimum absolute atomic E-state index is 0.167. The lowest BCUT2D eigenvalue weighted by Crippen LogP contribution is -2.75. The van der Waals surface area contributed by atoms with Gasteiger partial charge in [0.1, 0.15) is 0 Å². The van der Waals surface area contributed by atoms with Crippen molar-refractivity contribution in [2.45, 2.75) is 69.2 Å². The van der Waals surface area contributed by atoms with E-state index in [2.05, 4.69) is 17.5 Å². The Morgan fingerprint density at radius 1 is 1.23 bits per heavy atom. The third-order valence-corrected chi connectivity index (χ3v) is 6.71. The van der Waals surface area contributed by atoms with Crippen LogP contribution >= 0.6 is 0 Å². The summed E-state index contributed by atoms with van der Waals surface area (Å²) in [4.78, 5) is 11.9. The first-order valence-corrected chi connectivity index (χ1v) is 8.53. The molecule has 0 amide bonds. The van der Waals surface area contributed by atoms with Crippen LogP contribution in [0.1, 0.15) is 46.0 Å². The lowest BCUT2D eigenvalue weighted by Gasteiger charge is -2.61. The van der Waals surface area contributed by atoms with Gasteiger partial charge in [-0.15, -0.1) is 0 Å². The zero-order chi connectivity index (χ0) is 15.0. The van der Waals surface area contributed by atoms with E-state index in [0.29, 0.717) is 24.4 Å². The number of nitrogens with zero attached hydrogens (tertiary/aromatic N) is 1. The number of hydrogen-bond donors (Lipinski definition) is 1. The van der Waals surface area contributed by atoms with Gasteiger partial charge in [0, 0.05) is 25.0 Å². The summed E-state index contributed by atoms with van der Waals surface area (Å²) in [5.41, 5.74) is 2.66. The molecule has 22 heavy (non-hydrogen) atoms. The van der Waals surface area contributed by atoms with Crippen LogP contribution in [0.4, 0.5) is 0 Å². The molecule has 0 aromatic rings. The van der Waals surface area contributed by atoms with Crippen LogP contribution in [0, 0.1) is 17.8 Å². The topological polar surface area (TPSA) is 61.3 Å². The van der Waals surface area contributed by atoms with Crippen LogP contribution in [-0.4, -0.2) is 36.0 Å². The summed E-state index contributed by atoms with van der Waals surface area (Å²) in [5.74, 6) is 0.611. The second kappa shape index (κ2) is 4.23. The molecule has 0 radical (unpaired) electrons. The van der Waals surface area contributed by atoms with Crippen LogP contribution < -0.4 is 5.43 Å². The maximum absolute atomic E-state index is 6.24. The quantitative estimate of drug-likeness (QED) is 0.693. The summed E-state index contributed by atoms with van der Waals surface area (Å²) in [6.45, 7) is 4.91. The van der Waals surface area contributed by atoms with E-state index < -0.39 is 11.4 Å². The second-order valence-corrected chi connectivity index (χ2v) is 7.95. The molecular formula is C16H24N2O4. The van der Waals surface area contributed by atoms with Crippen molar-refractivity contribution >= 4 is 6.21 Å². The first kappa shape index (κ1) is 13.7. The molecule has 5 heterocycles. The fraction of sp³-hybridized carbons (Fsp3) is 0.938. The molecule has 0 aromatic carbocycles. The Hall–Kier alpha value is -0.690. The van der Waals surface area contributed by atoms with Crippen LogP contribution in [0.5, 0.6) is 0 Å². The van der Waals surface area contributed by atoms with Crippen LogP contribution in [-0.2, 0) is 19.2 Å². The normalized spacial score (nSPS) is 59.2. The third kappa shape index (κ3) is 1.52. The van der Waals surface area contributed by atoms with E-state index in [1.807, 2.05) is 13.1 Å². The van der Waals surface area contributed by atoms with Crippen molar-refractivity contribution in [2.24, 2.45) is 22.9 Å². The van der Waals surface area contributed by atoms with E-state index in [9.17, 15) is 0 Å². The molecule has 6 aliphatic rings. The summed E-state index contributed by atoms with van der Waals surface area (Å²) in [6, 6.07) is 0. The Kier molecular flexibility index (Phi) is 2.64. The first-order chi connectivity index (χ1) is 10.6. The molecular weight excluding hydrogens is 284 g/mol. The minimum Gasteiger partial charge on any atom is -0.347 e. The van der Waals surface area contributed by atoms with Gasteiger partial charge in [-0.2, -0.15) is 5.10 Å². The van der Waals surface area contributed by atoms with Crippen molar-refractivity contribution in [3.63, 3.8) is 0 Å². The Labute approximate surface area is 130 Å². The predicted octanol–water partition coefficient (Wildman–Crippen LogP) is 1.95. The van der Waals surface area contributed by atoms with Gasteiger partial charge in [0.15, 0.2) is 11.9 Å². The molecule has 6 rings (SSSR count). The fourth-order valence-corrected chi connectivity index (χ4v) is 5.52. The Morgan fingerprint density at radius 3 is 2.95 bits per heavy atom. The summed E-state index contributed by atoms with van der Waals surface area (Å²) >= 11 is 0. The Morgan fingerprint density at radius 2 is 2.14 bits per heavy atom. The monoisotopic (exact) mass is 308 g/mol. The van der Waals surface area contributed by atoms with E-state index >= 15 is 0 Å². The van der Waals surface area contributed by atoms with Gasteiger partial charge in [-0.25, -0.2) is 9.78 Å². The third-order valence-electron chi connectivity index (χ3n) is 6.71. The molecule has 0 aromatic heterocycles. The number of hydrazone groups is 1. The Bertz CT molecular complexity index is 518. The maximum atomic E-state index is 6.24. The van der Waals surface area contributed by atoms with E-state index in [0.717, 1.165) is 25.7 Å². The molecule has 5 fully saturated rings. The van der Waals surface area contributed by atoms with Crippen molar-refractivity contribution in [2.75, 3.05) is 6.61 Å². The summed E-state index contributed by atoms with van der Waals surface area (Å²) in [7, 11) is 0. The number of hydrogen-bond acceptors (Lipinski definition) is 6. The zero-order valence-electron chi connectivity index (χ0n) is 13.2. The average molecular weight is 308 g/mol. The molecule has 122 valence electrons. The Balaban J connectivity index is 1.63. The van der Waals surface area contributed by atoms with E-state index in [1.165, 1.54) is 6.42 Å². The molecule has 1 saturated carbocycles. The highest BCUT2D eigenvalue weighted by atomic mass is 17.3. The van der Waals surface area contributed by atoms with Crippen molar-refractivity contribution < 1.29 is 19.2 Å². The number of nitrogens with one attached hydrogen (secondary N) is 1. The molecule has 2 spiro atoms. The highest BCUT2D eigenvalue weighted by molar-refractivity contribution is 5.62. The SMILES string of the molecule is C[C@@H]1CC[C@H]2[C@@]3(CC=NN3)CO[C@@H]3O[C@@]4(C)CC[C@@H]1[C@]32OO4. The lowest BCUT2D eigenvalue weighted by atomic mass is 9.56. The molecule has 6 heteroatoms. The van der Waals surface area contributed by atoms with Gasteiger partial charge in [-0.05, 0) is 38.0 Å². The standard InChI is InChI=1S/C16H24N2O4/c1-10-3-4-12-15(7-8-17-18-15)9-19-13-16(12)11(10)5-6-14(2,20-13)21-22-16/h8,10-13,18H,3-7,9H2,1-2H3/t10-,11+,12+,13-,14-,15-,16-/m1/s1. The van der Waals surface area contributed by atoms with Gasteiger partial charge in [0.25, 0.3) is 0 Å². The molecule has 7 atom stereocenters. The highest BCUT2D eigenvalue weighted by Gasteiger charge is 2.71. The molecule has 2 bridgehead atoms. The van der Waals surface area contributed by atoms with Crippen LogP contribution in [0.3, 0.4) is 0 Å². The van der Waals surface area contributed by atoms with E-state index in [-0.39, 0.29) is 11.8 Å². The summed E-state index contributed by atoms with van der Waals surface area (Å²) < 4.78 is 12.4. The smallest absolute Gasteiger partial charge is 0.201 e. The van der Waals surface area contributed by atoms with Crippen molar-refractivity contribution in [1.82, 2.24) is 5.43 Å². The van der Waals surface area contributed by atoms with Gasteiger partial charge in [-0.1, -0.05) is 6.92 Å². The molecule has 0 unspecified atom stereocenters. The largest absolute Gasteiger partial charge is 0.347 e. The molecule has 6 nitrogen and oxygen atoms in total. The van der Waals surface area contributed by atoms with Crippen molar-refractivity contribution in [3.8, 4) is 0 Å². The molecule has 5 aliphatic heterocycles. The van der Waals surface area contributed by atoms with Gasteiger partial charge in [0.2, 0.25) is 5.79 Å². The maximum Gasteiger partial charge on any atom is 0.201 e. The fourth-order valence-electron chi connectivity index (χ4n) is 5.52. The van der Waals surface area contributed by atoms with Gasteiger partial charge in [0.05, 0.1) is 12.1 Å². The highest BCUT2D eigenvalue weighted by Crippen LogP contribution is 2.61. The number of rotatable bonds is 0. The average Bonchev–Trinajstić information content (AvgIpc) is 2.85. The van der Waals surface area contributed by atoms with Crippen molar-refractivity contribution in [3.05, 3.63) is 0 Å².